The van der Waals surface area contributed by atoms with Crippen molar-refractivity contribution in [2.24, 2.45) is 16.8 Å². The number of hydrogen-bond donors (Lipinski definition) is 2. The predicted molar refractivity (Wildman–Crippen MR) is 132 cm³/mol. The molecular weight excluding hydrogens is 491 g/mol. The molecule has 168 valence electrons. The second-order valence-electron chi connectivity index (χ2n) is 8.63. The maximum Gasteiger partial charge on any atom is 0.225 e. The SMILES string of the molecule is CN=C(NCc1ccccc1OCC(C)C)NC1CCN(C(=O)C2CCCC2)C1.I. The van der Waals surface area contributed by atoms with E-state index in [9.17, 15) is 4.79 Å². The Morgan fingerprint density at radius 2 is 1.97 bits per heavy atom. The number of nitrogens with zero attached hydrogens (tertiary/aromatic N) is 2. The van der Waals surface area contributed by atoms with E-state index in [-0.39, 0.29) is 35.9 Å². The zero-order chi connectivity index (χ0) is 20.6. The molecule has 0 bridgehead atoms. The fourth-order valence-corrected chi connectivity index (χ4v) is 4.12. The topological polar surface area (TPSA) is 66.0 Å². The molecular formula is C23H37IN4O2. The molecule has 0 aromatic heterocycles. The summed E-state index contributed by atoms with van der Waals surface area (Å²) in [6, 6.07) is 8.37. The number of amides is 1. The number of likely N-dealkylation sites (tertiary alicyclic amines) is 1. The molecule has 2 aliphatic rings. The van der Waals surface area contributed by atoms with Crippen LogP contribution >= 0.6 is 24.0 Å². The van der Waals surface area contributed by atoms with Crippen LogP contribution in [0.1, 0.15) is 51.5 Å². The van der Waals surface area contributed by atoms with Crippen LogP contribution in [0.15, 0.2) is 29.3 Å². The summed E-state index contributed by atoms with van der Waals surface area (Å²) in [5, 5.41) is 6.88. The van der Waals surface area contributed by atoms with Crippen molar-refractivity contribution in [3.63, 3.8) is 0 Å². The van der Waals surface area contributed by atoms with Gasteiger partial charge in [0.15, 0.2) is 5.96 Å². The van der Waals surface area contributed by atoms with Crippen LogP contribution in [0.2, 0.25) is 0 Å². The van der Waals surface area contributed by atoms with Gasteiger partial charge in [0.25, 0.3) is 0 Å². The summed E-state index contributed by atoms with van der Waals surface area (Å²) in [6.07, 6.45) is 5.49. The highest BCUT2D eigenvalue weighted by Gasteiger charge is 2.32. The quantitative estimate of drug-likeness (QED) is 0.321. The molecule has 0 radical (unpaired) electrons. The third-order valence-electron chi connectivity index (χ3n) is 5.76. The van der Waals surface area contributed by atoms with Crippen LogP contribution in [0.25, 0.3) is 0 Å². The minimum absolute atomic E-state index is 0. The van der Waals surface area contributed by atoms with Crippen LogP contribution in [-0.4, -0.2) is 49.6 Å². The molecule has 1 amide bonds. The molecule has 1 heterocycles. The number of carbonyl (C=O) groups is 1. The lowest BCUT2D eigenvalue weighted by Gasteiger charge is -2.21. The Kier molecular flexibility index (Phi) is 10.2. The lowest BCUT2D eigenvalue weighted by Crippen LogP contribution is -2.45. The van der Waals surface area contributed by atoms with Crippen molar-refractivity contribution in [2.45, 2.75) is 58.5 Å². The Labute approximate surface area is 198 Å². The molecule has 3 rings (SSSR count). The van der Waals surface area contributed by atoms with E-state index in [1.807, 2.05) is 23.1 Å². The molecule has 1 aromatic carbocycles. The molecule has 2 fully saturated rings. The lowest BCUT2D eigenvalue weighted by atomic mass is 10.1. The van der Waals surface area contributed by atoms with Crippen LogP contribution in [0.3, 0.4) is 0 Å². The van der Waals surface area contributed by atoms with Gasteiger partial charge in [0.1, 0.15) is 5.75 Å². The van der Waals surface area contributed by atoms with Gasteiger partial charge < -0.3 is 20.3 Å². The summed E-state index contributed by atoms with van der Waals surface area (Å²) in [7, 11) is 1.78. The normalized spacial score (nSPS) is 19.7. The van der Waals surface area contributed by atoms with Crippen molar-refractivity contribution in [2.75, 3.05) is 26.7 Å². The Morgan fingerprint density at radius 3 is 2.67 bits per heavy atom. The summed E-state index contributed by atoms with van der Waals surface area (Å²) in [4.78, 5) is 19.1. The number of rotatable bonds is 7. The van der Waals surface area contributed by atoms with Crippen LogP contribution in [0, 0.1) is 11.8 Å². The number of nitrogens with one attached hydrogen (secondary N) is 2. The second kappa shape index (κ2) is 12.4. The largest absolute Gasteiger partial charge is 0.493 e. The van der Waals surface area contributed by atoms with Gasteiger partial charge in [-0.25, -0.2) is 0 Å². The number of guanidine groups is 1. The zero-order valence-electron chi connectivity index (χ0n) is 18.5. The minimum Gasteiger partial charge on any atom is -0.493 e. The van der Waals surface area contributed by atoms with E-state index in [0.29, 0.717) is 25.0 Å². The van der Waals surface area contributed by atoms with Crippen LogP contribution in [0.4, 0.5) is 0 Å². The first-order chi connectivity index (χ1) is 14.1. The number of hydrogen-bond acceptors (Lipinski definition) is 3. The molecule has 1 atom stereocenters. The van der Waals surface area contributed by atoms with Crippen LogP contribution < -0.4 is 15.4 Å². The first kappa shape index (κ1) is 24.8. The molecule has 1 saturated carbocycles. The highest BCUT2D eigenvalue weighted by atomic mass is 127. The highest BCUT2D eigenvalue weighted by molar-refractivity contribution is 14.0. The van der Waals surface area contributed by atoms with Crippen molar-refractivity contribution in [3.05, 3.63) is 29.8 Å². The number of para-hydroxylation sites is 1. The smallest absolute Gasteiger partial charge is 0.225 e. The van der Waals surface area contributed by atoms with Gasteiger partial charge in [0.2, 0.25) is 5.91 Å². The van der Waals surface area contributed by atoms with Crippen molar-refractivity contribution in [1.82, 2.24) is 15.5 Å². The monoisotopic (exact) mass is 528 g/mol. The van der Waals surface area contributed by atoms with Gasteiger partial charge >= 0.3 is 0 Å². The molecule has 6 nitrogen and oxygen atoms in total. The molecule has 1 unspecified atom stereocenters. The average molecular weight is 528 g/mol. The fraction of sp³-hybridized carbons (Fsp3) is 0.652. The Bertz CT molecular complexity index is 704. The number of halogens is 1. The maximum absolute atomic E-state index is 12.6. The third-order valence-corrected chi connectivity index (χ3v) is 5.76. The van der Waals surface area contributed by atoms with Gasteiger partial charge in [-0.15, -0.1) is 24.0 Å². The molecule has 1 aliphatic heterocycles. The Morgan fingerprint density at radius 1 is 1.23 bits per heavy atom. The predicted octanol–water partition coefficient (Wildman–Crippen LogP) is 3.80. The fourth-order valence-electron chi connectivity index (χ4n) is 4.12. The summed E-state index contributed by atoms with van der Waals surface area (Å²) >= 11 is 0. The number of carbonyl (C=O) groups excluding carboxylic acids is 1. The van der Waals surface area contributed by atoms with Crippen LogP contribution in [0.5, 0.6) is 5.75 Å². The summed E-state index contributed by atoms with van der Waals surface area (Å²) in [5.74, 6) is 2.78. The number of benzene rings is 1. The third kappa shape index (κ3) is 7.03. The highest BCUT2D eigenvalue weighted by Crippen LogP contribution is 2.27. The van der Waals surface area contributed by atoms with Crippen molar-refractivity contribution < 1.29 is 9.53 Å². The Balaban J connectivity index is 0.00000320. The first-order valence-electron chi connectivity index (χ1n) is 11.0. The molecule has 30 heavy (non-hydrogen) atoms. The molecule has 1 saturated heterocycles. The standard InChI is InChI=1S/C23H36N4O2.HI/c1-17(2)16-29-21-11-7-6-10-19(21)14-25-23(24-3)26-20-12-13-27(15-20)22(28)18-8-4-5-9-18;/h6-7,10-11,17-18,20H,4-5,8-9,12-16H2,1-3H3,(H2,24,25,26);1H. The van der Waals surface area contributed by atoms with Gasteiger partial charge in [-0.1, -0.05) is 44.9 Å². The first-order valence-corrected chi connectivity index (χ1v) is 11.0. The van der Waals surface area contributed by atoms with E-state index in [2.05, 4.69) is 35.5 Å². The zero-order valence-corrected chi connectivity index (χ0v) is 20.9. The van der Waals surface area contributed by atoms with Gasteiger partial charge in [-0.3, -0.25) is 9.79 Å². The average Bonchev–Trinajstić information content (AvgIpc) is 3.42. The van der Waals surface area contributed by atoms with E-state index in [1.54, 1.807) is 7.05 Å². The number of aliphatic imine (C=N–C) groups is 1. The second-order valence-corrected chi connectivity index (χ2v) is 8.63. The number of ether oxygens (including phenoxy) is 1. The Hall–Kier alpha value is -1.51. The van der Waals surface area contributed by atoms with E-state index in [4.69, 9.17) is 4.74 Å². The minimum atomic E-state index is 0. The van der Waals surface area contributed by atoms with Crippen LogP contribution in [-0.2, 0) is 11.3 Å². The lowest BCUT2D eigenvalue weighted by molar-refractivity contribution is -0.134. The summed E-state index contributed by atoms with van der Waals surface area (Å²) in [6.45, 7) is 7.26. The van der Waals surface area contributed by atoms with Gasteiger partial charge in [0.05, 0.1) is 6.61 Å². The molecule has 0 spiro atoms. The van der Waals surface area contributed by atoms with Crippen molar-refractivity contribution in [1.29, 1.82) is 0 Å². The molecule has 1 aliphatic carbocycles. The summed E-state index contributed by atoms with van der Waals surface area (Å²) < 4.78 is 5.94. The van der Waals surface area contributed by atoms with Crippen molar-refractivity contribution in [3.8, 4) is 5.75 Å². The molecule has 1 aromatic rings. The van der Waals surface area contributed by atoms with Gasteiger partial charge in [-0.2, -0.15) is 0 Å². The van der Waals surface area contributed by atoms with E-state index in [0.717, 1.165) is 49.6 Å². The van der Waals surface area contributed by atoms with Crippen molar-refractivity contribution >= 4 is 35.8 Å². The maximum atomic E-state index is 12.6. The van der Waals surface area contributed by atoms with Gasteiger partial charge in [-0.05, 0) is 31.2 Å². The van der Waals surface area contributed by atoms with Gasteiger partial charge in [0, 0.05) is 44.2 Å². The molecule has 2 N–H and O–H groups in total. The van der Waals surface area contributed by atoms with E-state index in [1.165, 1.54) is 12.8 Å². The van der Waals surface area contributed by atoms with E-state index < -0.39 is 0 Å². The summed E-state index contributed by atoms with van der Waals surface area (Å²) in [5.41, 5.74) is 1.11. The molecule has 7 heteroatoms. The van der Waals surface area contributed by atoms with E-state index >= 15 is 0 Å².